The van der Waals surface area contributed by atoms with E-state index in [2.05, 4.69) is 20.5 Å². The largest absolute Gasteiger partial charge is 0.497 e. The van der Waals surface area contributed by atoms with Gasteiger partial charge in [-0.1, -0.05) is 12.1 Å². The zero-order valence-electron chi connectivity index (χ0n) is 17.3. The average Bonchev–Trinajstić information content (AvgIpc) is 3.35. The van der Waals surface area contributed by atoms with Gasteiger partial charge in [-0.3, -0.25) is 10.00 Å². The number of aromatic nitrogens is 3. The van der Waals surface area contributed by atoms with Crippen molar-refractivity contribution in [3.05, 3.63) is 46.0 Å². The number of benzene rings is 1. The predicted octanol–water partition coefficient (Wildman–Crippen LogP) is 2.67. The molecule has 1 aliphatic heterocycles. The van der Waals surface area contributed by atoms with Crippen molar-refractivity contribution in [2.75, 3.05) is 33.3 Å². The molecule has 0 bridgehead atoms. The minimum atomic E-state index is -3.53. The van der Waals surface area contributed by atoms with Crippen molar-refractivity contribution >= 4 is 21.4 Å². The highest BCUT2D eigenvalue weighted by molar-refractivity contribution is 7.89. The lowest BCUT2D eigenvalue weighted by atomic mass is 10.2. The van der Waals surface area contributed by atoms with Crippen LogP contribution in [0.5, 0.6) is 5.75 Å². The number of H-pyrrole nitrogens is 1. The number of ether oxygens (including phenoxy) is 1. The third kappa shape index (κ3) is 4.13. The lowest BCUT2D eigenvalue weighted by Crippen LogP contribution is -2.48. The number of aromatic amines is 1. The molecule has 0 amide bonds. The summed E-state index contributed by atoms with van der Waals surface area (Å²) in [6.07, 6.45) is 0. The van der Waals surface area contributed by atoms with Crippen LogP contribution >= 0.6 is 11.3 Å². The highest BCUT2D eigenvalue weighted by Gasteiger charge is 2.32. The minimum absolute atomic E-state index is 0.304. The molecule has 0 atom stereocenters. The van der Waals surface area contributed by atoms with Crippen molar-refractivity contribution < 1.29 is 13.2 Å². The zero-order chi connectivity index (χ0) is 21.3. The second-order valence-electron chi connectivity index (χ2n) is 7.30. The summed E-state index contributed by atoms with van der Waals surface area (Å²) >= 11 is 1.62. The van der Waals surface area contributed by atoms with Crippen molar-refractivity contribution in [3.8, 4) is 17.0 Å². The quantitative estimate of drug-likeness (QED) is 0.625. The van der Waals surface area contributed by atoms with Gasteiger partial charge in [-0.15, -0.1) is 11.3 Å². The summed E-state index contributed by atoms with van der Waals surface area (Å²) in [7, 11) is -1.87. The SMILES string of the molecule is COc1cccc(-c2csc(CN3CCN(S(=O)(=O)c4c(C)n[nH]c4C)CC3)n2)c1. The van der Waals surface area contributed by atoms with Crippen LogP contribution in [-0.4, -0.2) is 66.1 Å². The molecular formula is C20H25N5O3S2. The molecule has 3 aromatic rings. The Bertz CT molecular complexity index is 1110. The molecule has 0 spiro atoms. The van der Waals surface area contributed by atoms with Gasteiger partial charge in [0.05, 0.1) is 30.7 Å². The fourth-order valence-corrected chi connectivity index (χ4v) is 6.27. The summed E-state index contributed by atoms with van der Waals surface area (Å²) in [4.78, 5) is 7.31. The summed E-state index contributed by atoms with van der Waals surface area (Å²) in [5, 5.41) is 9.87. The molecule has 1 N–H and O–H groups in total. The lowest BCUT2D eigenvalue weighted by molar-refractivity contribution is 0.181. The van der Waals surface area contributed by atoms with Crippen molar-refractivity contribution in [1.82, 2.24) is 24.4 Å². The molecule has 0 radical (unpaired) electrons. The molecule has 4 rings (SSSR count). The van der Waals surface area contributed by atoms with E-state index >= 15 is 0 Å². The summed E-state index contributed by atoms with van der Waals surface area (Å²) in [5.41, 5.74) is 3.06. The van der Waals surface area contributed by atoms with Crippen LogP contribution in [-0.2, 0) is 16.6 Å². The van der Waals surface area contributed by atoms with Crippen LogP contribution in [0.25, 0.3) is 11.3 Å². The number of sulfonamides is 1. The van der Waals surface area contributed by atoms with E-state index in [-0.39, 0.29) is 0 Å². The summed E-state index contributed by atoms with van der Waals surface area (Å²) < 4.78 is 32.8. The van der Waals surface area contributed by atoms with Crippen LogP contribution in [0.2, 0.25) is 0 Å². The zero-order valence-corrected chi connectivity index (χ0v) is 18.9. The average molecular weight is 448 g/mol. The monoisotopic (exact) mass is 447 g/mol. The van der Waals surface area contributed by atoms with E-state index in [1.54, 1.807) is 36.6 Å². The summed E-state index contributed by atoms with van der Waals surface area (Å²) in [6.45, 7) is 6.43. The number of aryl methyl sites for hydroxylation is 2. The molecule has 0 unspecified atom stereocenters. The van der Waals surface area contributed by atoms with Gasteiger partial charge >= 0.3 is 0 Å². The van der Waals surface area contributed by atoms with Gasteiger partial charge in [0.25, 0.3) is 0 Å². The normalized spacial score (nSPS) is 16.1. The van der Waals surface area contributed by atoms with Crippen LogP contribution in [0, 0.1) is 13.8 Å². The molecule has 1 aliphatic rings. The molecule has 1 fully saturated rings. The number of piperazine rings is 1. The second-order valence-corrected chi connectivity index (χ2v) is 10.1. The Morgan fingerprint density at radius 2 is 1.97 bits per heavy atom. The number of nitrogens with zero attached hydrogens (tertiary/aromatic N) is 4. The Hall–Kier alpha value is -2.27. The Labute approximate surface area is 180 Å². The van der Waals surface area contributed by atoms with Gasteiger partial charge in [0.1, 0.15) is 15.7 Å². The van der Waals surface area contributed by atoms with Crippen LogP contribution in [0.15, 0.2) is 34.5 Å². The van der Waals surface area contributed by atoms with Gasteiger partial charge in [0.15, 0.2) is 0 Å². The third-order valence-corrected chi connectivity index (χ3v) is 8.26. The predicted molar refractivity (Wildman–Crippen MR) is 116 cm³/mol. The second kappa shape index (κ2) is 8.46. The highest BCUT2D eigenvalue weighted by Crippen LogP contribution is 2.27. The van der Waals surface area contributed by atoms with Gasteiger partial charge in [0.2, 0.25) is 10.0 Å². The molecule has 2 aromatic heterocycles. The molecule has 1 aromatic carbocycles. The maximum atomic E-state index is 13.0. The van der Waals surface area contributed by atoms with E-state index < -0.39 is 10.0 Å². The lowest BCUT2D eigenvalue weighted by Gasteiger charge is -2.33. The number of hydrogen-bond acceptors (Lipinski definition) is 7. The molecule has 8 nitrogen and oxygen atoms in total. The summed E-state index contributed by atoms with van der Waals surface area (Å²) in [6, 6.07) is 7.86. The topological polar surface area (TPSA) is 91.4 Å². The van der Waals surface area contributed by atoms with E-state index in [1.807, 2.05) is 24.3 Å². The van der Waals surface area contributed by atoms with Gasteiger partial charge in [-0.2, -0.15) is 9.40 Å². The molecule has 3 heterocycles. The molecular weight excluding hydrogens is 422 g/mol. The Morgan fingerprint density at radius 3 is 2.63 bits per heavy atom. The number of thiazole rings is 1. The van der Waals surface area contributed by atoms with Gasteiger partial charge < -0.3 is 4.74 Å². The fourth-order valence-electron chi connectivity index (χ4n) is 3.67. The van der Waals surface area contributed by atoms with Crippen molar-refractivity contribution in [1.29, 1.82) is 0 Å². The summed E-state index contributed by atoms with van der Waals surface area (Å²) in [5.74, 6) is 0.808. The molecule has 0 aliphatic carbocycles. The van der Waals surface area contributed by atoms with Crippen molar-refractivity contribution in [2.45, 2.75) is 25.3 Å². The van der Waals surface area contributed by atoms with Crippen molar-refractivity contribution in [3.63, 3.8) is 0 Å². The molecule has 10 heteroatoms. The van der Waals surface area contributed by atoms with Crippen LogP contribution < -0.4 is 4.74 Å². The first kappa shape index (κ1) is 21.0. The van der Waals surface area contributed by atoms with Gasteiger partial charge in [-0.05, 0) is 26.0 Å². The fraction of sp³-hybridized carbons (Fsp3) is 0.400. The van der Waals surface area contributed by atoms with E-state index in [0.29, 0.717) is 49.0 Å². The van der Waals surface area contributed by atoms with E-state index in [9.17, 15) is 8.42 Å². The number of hydrogen-bond donors (Lipinski definition) is 1. The minimum Gasteiger partial charge on any atom is -0.497 e. The van der Waals surface area contributed by atoms with E-state index in [4.69, 9.17) is 9.72 Å². The van der Waals surface area contributed by atoms with Gasteiger partial charge in [0, 0.05) is 37.1 Å². The molecule has 30 heavy (non-hydrogen) atoms. The molecule has 0 saturated carbocycles. The molecule has 1 saturated heterocycles. The van der Waals surface area contributed by atoms with E-state index in [0.717, 1.165) is 22.0 Å². The first-order valence-electron chi connectivity index (χ1n) is 9.71. The van der Waals surface area contributed by atoms with Gasteiger partial charge in [-0.25, -0.2) is 13.4 Å². The smallest absolute Gasteiger partial charge is 0.246 e. The van der Waals surface area contributed by atoms with Crippen LogP contribution in [0.4, 0.5) is 0 Å². The number of nitrogens with one attached hydrogen (secondary N) is 1. The standard InChI is InChI=1S/C20H25N5O3S2/c1-14-20(15(2)23-22-14)30(26,27)25-9-7-24(8-10-25)12-19-21-18(13-29-19)16-5-4-6-17(11-16)28-3/h4-6,11,13H,7-10,12H2,1-3H3,(H,22,23). The third-order valence-electron chi connectivity index (χ3n) is 5.27. The van der Waals surface area contributed by atoms with Crippen LogP contribution in [0.1, 0.15) is 16.4 Å². The van der Waals surface area contributed by atoms with Crippen LogP contribution in [0.3, 0.4) is 0 Å². The first-order chi connectivity index (χ1) is 14.4. The Balaban J connectivity index is 1.39. The Morgan fingerprint density at radius 1 is 1.20 bits per heavy atom. The van der Waals surface area contributed by atoms with Crippen molar-refractivity contribution in [2.24, 2.45) is 0 Å². The molecule has 160 valence electrons. The Kier molecular flexibility index (Phi) is 5.92. The maximum Gasteiger partial charge on any atom is 0.246 e. The maximum absolute atomic E-state index is 13.0. The number of methoxy groups -OCH3 is 1. The first-order valence-corrected chi connectivity index (χ1v) is 12.0. The highest BCUT2D eigenvalue weighted by atomic mass is 32.2. The van der Waals surface area contributed by atoms with E-state index in [1.165, 1.54) is 0 Å². The number of rotatable bonds is 6.